The summed E-state index contributed by atoms with van der Waals surface area (Å²) in [6, 6.07) is 7.37. The second-order valence-electron chi connectivity index (χ2n) is 3.07. The van der Waals surface area contributed by atoms with Crippen molar-refractivity contribution in [3.05, 3.63) is 35.4 Å². The number of hydrogen-bond donors (Lipinski definition) is 0. The highest BCUT2D eigenvalue weighted by atomic mass is 32.2. The number of hydrogen-bond acceptors (Lipinski definition) is 3. The summed E-state index contributed by atoms with van der Waals surface area (Å²) in [5.74, 6) is 0.239. The normalized spacial score (nSPS) is 9.86. The van der Waals surface area contributed by atoms with E-state index in [1.165, 1.54) is 6.92 Å². The molecule has 1 aromatic carbocycles. The van der Waals surface area contributed by atoms with Gasteiger partial charge in [0.05, 0.1) is 5.75 Å². The molecular weight excluding hydrogens is 196 g/mol. The van der Waals surface area contributed by atoms with E-state index in [4.69, 9.17) is 0 Å². The molecule has 0 radical (unpaired) electrons. The Kier molecular flexibility index (Phi) is 3.89. The Hall–Kier alpha value is -1.09. The molecule has 1 aromatic rings. The molecule has 0 fully saturated rings. The zero-order valence-corrected chi connectivity index (χ0v) is 9.06. The van der Waals surface area contributed by atoms with Crippen LogP contribution in [-0.2, 0) is 4.79 Å². The molecule has 0 spiro atoms. The Morgan fingerprint density at radius 1 is 1.21 bits per heavy atom. The fourth-order valence-corrected chi connectivity index (χ4v) is 1.49. The van der Waals surface area contributed by atoms with Gasteiger partial charge in [-0.05, 0) is 6.92 Å². The number of carbonyl (C=O) groups excluding carboxylic acids is 2. The number of aryl methyl sites for hydroxylation is 1. The molecule has 2 nitrogen and oxygen atoms in total. The Balaban J connectivity index is 2.61. The van der Waals surface area contributed by atoms with Gasteiger partial charge in [0.25, 0.3) is 0 Å². The van der Waals surface area contributed by atoms with Crippen molar-refractivity contribution < 1.29 is 9.59 Å². The standard InChI is InChI=1S/C11H12O2S/c1-8-3-5-10(6-4-8)11(13)7-14-9(2)12/h3-6H,7H2,1-2H3. The van der Waals surface area contributed by atoms with E-state index in [1.807, 2.05) is 19.1 Å². The minimum atomic E-state index is -0.0227. The molecular formula is C11H12O2S. The Morgan fingerprint density at radius 2 is 1.79 bits per heavy atom. The van der Waals surface area contributed by atoms with Crippen LogP contribution in [0, 0.1) is 6.92 Å². The lowest BCUT2D eigenvalue weighted by Gasteiger charge is -1.99. The first-order chi connectivity index (χ1) is 6.59. The molecule has 0 heterocycles. The van der Waals surface area contributed by atoms with Crippen LogP contribution in [0.4, 0.5) is 0 Å². The van der Waals surface area contributed by atoms with Crippen LogP contribution in [-0.4, -0.2) is 16.7 Å². The van der Waals surface area contributed by atoms with Gasteiger partial charge in [0, 0.05) is 12.5 Å². The van der Waals surface area contributed by atoms with Gasteiger partial charge < -0.3 is 0 Å². The number of benzene rings is 1. The van der Waals surface area contributed by atoms with Crippen molar-refractivity contribution in [2.75, 3.05) is 5.75 Å². The van der Waals surface area contributed by atoms with Crippen LogP contribution >= 0.6 is 11.8 Å². The van der Waals surface area contributed by atoms with E-state index in [0.29, 0.717) is 5.56 Å². The van der Waals surface area contributed by atoms with Crippen molar-refractivity contribution in [2.24, 2.45) is 0 Å². The van der Waals surface area contributed by atoms with Crippen LogP contribution in [0.2, 0.25) is 0 Å². The summed E-state index contributed by atoms with van der Waals surface area (Å²) in [4.78, 5) is 22.1. The molecule has 0 aliphatic carbocycles. The van der Waals surface area contributed by atoms with Gasteiger partial charge in [0.15, 0.2) is 10.9 Å². The lowest BCUT2D eigenvalue weighted by Crippen LogP contribution is -2.03. The molecule has 0 aliphatic heterocycles. The summed E-state index contributed by atoms with van der Waals surface area (Å²) in [5.41, 5.74) is 1.80. The lowest BCUT2D eigenvalue weighted by molar-refractivity contribution is -0.109. The summed E-state index contributed by atoms with van der Waals surface area (Å²) >= 11 is 1.05. The fourth-order valence-electron chi connectivity index (χ4n) is 0.990. The first-order valence-electron chi connectivity index (χ1n) is 4.33. The molecule has 0 aliphatic rings. The summed E-state index contributed by atoms with van der Waals surface area (Å²) in [6.07, 6.45) is 0. The SMILES string of the molecule is CC(=O)SCC(=O)c1ccc(C)cc1. The Labute approximate surface area is 87.7 Å². The van der Waals surface area contributed by atoms with Gasteiger partial charge in [-0.15, -0.1) is 0 Å². The third-order valence-corrected chi connectivity index (χ3v) is 2.59. The number of carbonyl (C=O) groups is 2. The first-order valence-corrected chi connectivity index (χ1v) is 5.31. The Bertz CT molecular complexity index is 341. The highest BCUT2D eigenvalue weighted by Gasteiger charge is 2.06. The summed E-state index contributed by atoms with van der Waals surface area (Å²) < 4.78 is 0. The van der Waals surface area contributed by atoms with Crippen molar-refractivity contribution in [3.8, 4) is 0 Å². The van der Waals surface area contributed by atoms with Gasteiger partial charge >= 0.3 is 0 Å². The van der Waals surface area contributed by atoms with Crippen LogP contribution in [0.1, 0.15) is 22.8 Å². The van der Waals surface area contributed by atoms with Gasteiger partial charge in [-0.1, -0.05) is 41.6 Å². The molecule has 0 saturated heterocycles. The van der Waals surface area contributed by atoms with E-state index >= 15 is 0 Å². The maximum atomic E-state index is 11.5. The van der Waals surface area contributed by atoms with Crippen molar-refractivity contribution >= 4 is 22.7 Å². The number of ketones is 1. The Morgan fingerprint density at radius 3 is 2.29 bits per heavy atom. The van der Waals surface area contributed by atoms with E-state index in [2.05, 4.69) is 0 Å². The first kappa shape index (κ1) is 11.0. The van der Waals surface area contributed by atoms with E-state index in [0.717, 1.165) is 17.3 Å². The molecule has 0 atom stereocenters. The molecule has 3 heteroatoms. The predicted octanol–water partition coefficient (Wildman–Crippen LogP) is 2.46. The van der Waals surface area contributed by atoms with Crippen LogP contribution < -0.4 is 0 Å². The predicted molar refractivity (Wildman–Crippen MR) is 58.6 cm³/mol. The molecule has 0 unspecified atom stereocenters. The summed E-state index contributed by atoms with van der Waals surface area (Å²) in [5, 5.41) is -0.0227. The molecule has 14 heavy (non-hydrogen) atoms. The minimum absolute atomic E-state index is 0.00481. The number of thioether (sulfide) groups is 1. The minimum Gasteiger partial charge on any atom is -0.293 e. The van der Waals surface area contributed by atoms with Crippen molar-refractivity contribution in [1.82, 2.24) is 0 Å². The van der Waals surface area contributed by atoms with Gasteiger partial charge in [0.1, 0.15) is 0 Å². The van der Waals surface area contributed by atoms with Crippen LogP contribution in [0.5, 0.6) is 0 Å². The summed E-state index contributed by atoms with van der Waals surface area (Å²) in [7, 11) is 0. The molecule has 0 aromatic heterocycles. The smallest absolute Gasteiger partial charge is 0.186 e. The highest BCUT2D eigenvalue weighted by Crippen LogP contribution is 2.09. The highest BCUT2D eigenvalue weighted by molar-refractivity contribution is 8.14. The number of Topliss-reactive ketones (excluding diaryl/α,β-unsaturated/α-hetero) is 1. The van der Waals surface area contributed by atoms with Gasteiger partial charge in [-0.2, -0.15) is 0 Å². The third kappa shape index (κ3) is 3.34. The van der Waals surface area contributed by atoms with Gasteiger partial charge in [-0.3, -0.25) is 9.59 Å². The lowest BCUT2D eigenvalue weighted by atomic mass is 10.1. The number of rotatable bonds is 3. The molecule has 0 saturated carbocycles. The average molecular weight is 208 g/mol. The van der Waals surface area contributed by atoms with Gasteiger partial charge in [-0.25, -0.2) is 0 Å². The third-order valence-electron chi connectivity index (χ3n) is 1.78. The second kappa shape index (κ2) is 4.96. The quantitative estimate of drug-likeness (QED) is 0.715. The van der Waals surface area contributed by atoms with Gasteiger partial charge in [0.2, 0.25) is 0 Å². The van der Waals surface area contributed by atoms with E-state index in [-0.39, 0.29) is 16.7 Å². The molecule has 0 bridgehead atoms. The molecule has 74 valence electrons. The second-order valence-corrected chi connectivity index (χ2v) is 4.22. The topological polar surface area (TPSA) is 34.1 Å². The fraction of sp³-hybridized carbons (Fsp3) is 0.273. The molecule has 1 rings (SSSR count). The largest absolute Gasteiger partial charge is 0.293 e. The maximum absolute atomic E-state index is 11.5. The maximum Gasteiger partial charge on any atom is 0.186 e. The molecule has 0 N–H and O–H groups in total. The van der Waals surface area contributed by atoms with E-state index in [1.54, 1.807) is 12.1 Å². The average Bonchev–Trinajstić information content (AvgIpc) is 2.15. The summed E-state index contributed by atoms with van der Waals surface area (Å²) in [6.45, 7) is 3.44. The van der Waals surface area contributed by atoms with E-state index < -0.39 is 0 Å². The van der Waals surface area contributed by atoms with Crippen LogP contribution in [0.3, 0.4) is 0 Å². The monoisotopic (exact) mass is 208 g/mol. The zero-order valence-electron chi connectivity index (χ0n) is 8.24. The van der Waals surface area contributed by atoms with Crippen LogP contribution in [0.25, 0.3) is 0 Å². The van der Waals surface area contributed by atoms with Crippen LogP contribution in [0.15, 0.2) is 24.3 Å². The van der Waals surface area contributed by atoms with Crippen molar-refractivity contribution in [2.45, 2.75) is 13.8 Å². The molecule has 0 amide bonds. The zero-order chi connectivity index (χ0) is 10.6. The van der Waals surface area contributed by atoms with E-state index in [9.17, 15) is 9.59 Å². The van der Waals surface area contributed by atoms with Crippen molar-refractivity contribution in [1.29, 1.82) is 0 Å². The van der Waals surface area contributed by atoms with Crippen molar-refractivity contribution in [3.63, 3.8) is 0 Å².